The van der Waals surface area contributed by atoms with Crippen LogP contribution >= 0.6 is 22.9 Å². The number of thiophene rings is 1. The standard InChI is InChI=1S/C27H31ClF2N4O5S/c28-23-10-9-22(40-23)26(37)31-14-20(34(17-3-1-4-17)18-5-2-6-18)25(36)32-16-7-8-19(21(13-16)39-27(29)30)33-11-12-38-15-24(33)35/h7-10,13,17-18,20,27H,1-6,11-12,14-15H2,(H,31,37)(H,32,36)/t20-/m0/s1. The average molecular weight is 597 g/mol. The molecular formula is C27H31ClF2N4O5S. The minimum atomic E-state index is -3.12. The Bertz CT molecular complexity index is 1230. The van der Waals surface area contributed by atoms with Crippen LogP contribution in [0.3, 0.4) is 0 Å². The topological polar surface area (TPSA) is 100 Å². The van der Waals surface area contributed by atoms with Gasteiger partial charge in [0.25, 0.3) is 11.8 Å². The van der Waals surface area contributed by atoms with Crippen LogP contribution in [0.15, 0.2) is 30.3 Å². The highest BCUT2D eigenvalue weighted by atomic mass is 35.5. The van der Waals surface area contributed by atoms with Crippen LogP contribution in [0.1, 0.15) is 48.2 Å². The fourth-order valence-corrected chi connectivity index (χ4v) is 6.19. The van der Waals surface area contributed by atoms with Crippen LogP contribution < -0.4 is 20.3 Å². The lowest BCUT2D eigenvalue weighted by atomic mass is 9.83. The maximum Gasteiger partial charge on any atom is 0.387 e. The molecule has 2 saturated carbocycles. The number of hydrogen-bond acceptors (Lipinski definition) is 7. The largest absolute Gasteiger partial charge is 0.433 e. The summed E-state index contributed by atoms with van der Waals surface area (Å²) in [5.74, 6) is -1.27. The Morgan fingerprint density at radius 3 is 2.45 bits per heavy atom. The van der Waals surface area contributed by atoms with Crippen LogP contribution in [0.2, 0.25) is 4.34 Å². The number of halogens is 3. The van der Waals surface area contributed by atoms with E-state index in [2.05, 4.69) is 15.5 Å². The summed E-state index contributed by atoms with van der Waals surface area (Å²) >= 11 is 7.15. The van der Waals surface area contributed by atoms with Gasteiger partial charge in [0.2, 0.25) is 5.91 Å². The van der Waals surface area contributed by atoms with Crippen LogP contribution in [0.4, 0.5) is 20.2 Å². The maximum atomic E-state index is 13.8. The van der Waals surface area contributed by atoms with Gasteiger partial charge in [-0.05, 0) is 49.9 Å². The molecule has 0 bridgehead atoms. The van der Waals surface area contributed by atoms with E-state index in [1.807, 2.05) is 0 Å². The number of morpholine rings is 1. The maximum absolute atomic E-state index is 13.8. The molecule has 3 fully saturated rings. The molecule has 216 valence electrons. The number of carbonyl (C=O) groups excluding carboxylic acids is 3. The normalized spacial score (nSPS) is 18.8. The van der Waals surface area contributed by atoms with Crippen LogP contribution in [0, 0.1) is 0 Å². The summed E-state index contributed by atoms with van der Waals surface area (Å²) in [6, 6.07) is 7.41. The van der Waals surface area contributed by atoms with Crippen molar-refractivity contribution in [3.63, 3.8) is 0 Å². The Balaban J connectivity index is 1.37. The summed E-state index contributed by atoms with van der Waals surface area (Å²) in [5, 5.41) is 5.74. The van der Waals surface area contributed by atoms with Crippen LogP contribution in [0.25, 0.3) is 0 Å². The van der Waals surface area contributed by atoms with Gasteiger partial charge in [-0.2, -0.15) is 8.78 Å². The second kappa shape index (κ2) is 12.8. The van der Waals surface area contributed by atoms with Crippen molar-refractivity contribution in [2.75, 3.05) is 36.5 Å². The molecule has 2 heterocycles. The number of carbonyl (C=O) groups is 3. The molecule has 0 radical (unpaired) electrons. The Morgan fingerprint density at radius 2 is 1.88 bits per heavy atom. The molecule has 0 unspecified atom stereocenters. The van der Waals surface area contributed by atoms with E-state index in [0.29, 0.717) is 9.21 Å². The molecule has 5 rings (SSSR count). The van der Waals surface area contributed by atoms with Crippen LogP contribution in [-0.2, 0) is 14.3 Å². The molecule has 2 aliphatic carbocycles. The fourth-order valence-electron chi connectivity index (χ4n) is 5.23. The van der Waals surface area contributed by atoms with Crippen molar-refractivity contribution in [3.05, 3.63) is 39.5 Å². The summed E-state index contributed by atoms with van der Waals surface area (Å²) in [5.41, 5.74) is 0.421. The summed E-state index contributed by atoms with van der Waals surface area (Å²) in [7, 11) is 0. The summed E-state index contributed by atoms with van der Waals surface area (Å²) in [6.07, 6.45) is 6.07. The van der Waals surface area contributed by atoms with Gasteiger partial charge in [-0.1, -0.05) is 24.4 Å². The predicted octanol–water partition coefficient (Wildman–Crippen LogP) is 4.51. The number of anilines is 2. The molecule has 3 amide bonds. The van der Waals surface area contributed by atoms with E-state index < -0.39 is 12.7 Å². The minimum Gasteiger partial charge on any atom is -0.433 e. The van der Waals surface area contributed by atoms with Gasteiger partial charge in [0, 0.05) is 36.9 Å². The first-order valence-corrected chi connectivity index (χ1v) is 14.6. The molecule has 3 aliphatic rings. The molecule has 1 aromatic carbocycles. The van der Waals surface area contributed by atoms with Gasteiger partial charge < -0.3 is 25.0 Å². The van der Waals surface area contributed by atoms with E-state index in [0.717, 1.165) is 49.9 Å². The first kappa shape index (κ1) is 28.7. The highest BCUT2D eigenvalue weighted by Crippen LogP contribution is 2.37. The SMILES string of the molecule is O=C(NC[C@@H](C(=O)Nc1ccc(N2CCOCC2=O)c(OC(F)F)c1)N(C1CCC1)C1CCC1)c1ccc(Cl)s1. The molecule has 13 heteroatoms. The van der Waals surface area contributed by atoms with Gasteiger partial charge in [-0.25, -0.2) is 0 Å². The number of alkyl halides is 2. The highest BCUT2D eigenvalue weighted by Gasteiger charge is 2.41. The third-order valence-corrected chi connectivity index (χ3v) is 8.86. The lowest BCUT2D eigenvalue weighted by Crippen LogP contribution is -2.61. The number of rotatable bonds is 11. The summed E-state index contributed by atoms with van der Waals surface area (Å²) in [6.45, 7) is -2.74. The Labute approximate surface area is 239 Å². The number of hydrogen-bond donors (Lipinski definition) is 2. The van der Waals surface area contributed by atoms with Crippen molar-refractivity contribution in [1.82, 2.24) is 10.2 Å². The zero-order chi connectivity index (χ0) is 28.2. The number of ether oxygens (including phenoxy) is 2. The van der Waals surface area contributed by atoms with Crippen molar-refractivity contribution >= 4 is 52.0 Å². The van der Waals surface area contributed by atoms with Gasteiger partial charge in [-0.15, -0.1) is 11.3 Å². The van der Waals surface area contributed by atoms with Crippen molar-refractivity contribution in [1.29, 1.82) is 0 Å². The fraction of sp³-hybridized carbons (Fsp3) is 0.519. The van der Waals surface area contributed by atoms with Gasteiger partial charge >= 0.3 is 6.61 Å². The number of nitrogens with one attached hydrogen (secondary N) is 2. The molecular weight excluding hydrogens is 566 g/mol. The first-order valence-electron chi connectivity index (χ1n) is 13.4. The Kier molecular flexibility index (Phi) is 9.19. The minimum absolute atomic E-state index is 0.0773. The Hall–Kier alpha value is -2.80. The third kappa shape index (κ3) is 6.56. The number of amides is 3. The van der Waals surface area contributed by atoms with Gasteiger partial charge in [0.1, 0.15) is 12.6 Å². The Morgan fingerprint density at radius 1 is 1.15 bits per heavy atom. The molecule has 2 aromatic rings. The van der Waals surface area contributed by atoms with E-state index in [-0.39, 0.29) is 73.2 Å². The zero-order valence-corrected chi connectivity index (χ0v) is 23.3. The van der Waals surface area contributed by atoms with Crippen molar-refractivity contribution in [2.24, 2.45) is 0 Å². The summed E-state index contributed by atoms with van der Waals surface area (Å²) < 4.78 is 36.9. The van der Waals surface area contributed by atoms with E-state index in [1.165, 1.54) is 17.0 Å². The molecule has 1 aromatic heterocycles. The van der Waals surface area contributed by atoms with Gasteiger partial charge in [0.15, 0.2) is 5.75 Å². The predicted molar refractivity (Wildman–Crippen MR) is 147 cm³/mol. The molecule has 40 heavy (non-hydrogen) atoms. The summed E-state index contributed by atoms with van der Waals surface area (Å²) in [4.78, 5) is 42.9. The third-order valence-electron chi connectivity index (χ3n) is 7.63. The second-order valence-electron chi connectivity index (χ2n) is 10.1. The van der Waals surface area contributed by atoms with Crippen LogP contribution in [-0.4, -0.2) is 73.7 Å². The quantitative estimate of drug-likeness (QED) is 0.396. The number of benzene rings is 1. The zero-order valence-electron chi connectivity index (χ0n) is 21.7. The monoisotopic (exact) mass is 596 g/mol. The lowest BCUT2D eigenvalue weighted by molar-refractivity contribution is -0.126. The van der Waals surface area contributed by atoms with Crippen LogP contribution in [0.5, 0.6) is 5.75 Å². The smallest absolute Gasteiger partial charge is 0.387 e. The van der Waals surface area contributed by atoms with Crippen molar-refractivity contribution < 1.29 is 32.6 Å². The van der Waals surface area contributed by atoms with Gasteiger partial charge in [0.05, 0.1) is 21.5 Å². The van der Waals surface area contributed by atoms with E-state index in [4.69, 9.17) is 21.1 Å². The lowest BCUT2D eigenvalue weighted by Gasteiger charge is -2.49. The van der Waals surface area contributed by atoms with E-state index in [9.17, 15) is 23.2 Å². The van der Waals surface area contributed by atoms with E-state index in [1.54, 1.807) is 18.2 Å². The molecule has 2 N–H and O–H groups in total. The van der Waals surface area contributed by atoms with Gasteiger partial charge in [-0.3, -0.25) is 19.3 Å². The molecule has 1 atom stereocenters. The molecule has 1 saturated heterocycles. The first-order chi connectivity index (χ1) is 19.3. The van der Waals surface area contributed by atoms with E-state index >= 15 is 0 Å². The molecule has 9 nitrogen and oxygen atoms in total. The van der Waals surface area contributed by atoms with Crippen molar-refractivity contribution in [2.45, 2.75) is 63.3 Å². The number of nitrogens with zero attached hydrogens (tertiary/aromatic N) is 2. The average Bonchev–Trinajstić information content (AvgIpc) is 3.29. The second-order valence-corrected chi connectivity index (χ2v) is 11.8. The highest BCUT2D eigenvalue weighted by molar-refractivity contribution is 7.18. The molecule has 1 aliphatic heterocycles. The molecule has 0 spiro atoms. The van der Waals surface area contributed by atoms with Crippen molar-refractivity contribution in [3.8, 4) is 5.75 Å².